The Bertz CT molecular complexity index is 656. The predicted molar refractivity (Wildman–Crippen MR) is 104 cm³/mol. The maximum atomic E-state index is 6.03. The molecular weight excluding hydrogens is 343 g/mol. The van der Waals surface area contributed by atoms with E-state index in [0.29, 0.717) is 10.0 Å². The topological polar surface area (TPSA) is 53.6 Å². The number of nitrogens with two attached hydrogens (primary N) is 1. The standard InChI is InChI=1S/C18H22Cl2N4/c1-3-17(24(2)22-12-21)18(13-4-6-14(19)7-5-13)23-16-10-8-15(20)9-11-16/h4-12,17-18,23H,3H2,1-2H3,(H2,21,22). The van der Waals surface area contributed by atoms with Gasteiger partial charge in [0.2, 0.25) is 0 Å². The van der Waals surface area contributed by atoms with E-state index in [9.17, 15) is 0 Å². The largest absolute Gasteiger partial charge is 0.388 e. The first-order valence-electron chi connectivity index (χ1n) is 7.79. The molecule has 4 nitrogen and oxygen atoms in total. The Hall–Kier alpha value is -1.91. The van der Waals surface area contributed by atoms with Crippen molar-refractivity contribution in [3.8, 4) is 0 Å². The van der Waals surface area contributed by atoms with Crippen molar-refractivity contribution in [1.29, 1.82) is 0 Å². The average Bonchev–Trinajstić information content (AvgIpc) is 2.57. The first-order valence-corrected chi connectivity index (χ1v) is 8.55. The van der Waals surface area contributed by atoms with Crippen LogP contribution in [0.3, 0.4) is 0 Å². The van der Waals surface area contributed by atoms with Crippen molar-refractivity contribution in [3.63, 3.8) is 0 Å². The average molecular weight is 365 g/mol. The fourth-order valence-corrected chi connectivity index (χ4v) is 2.96. The summed E-state index contributed by atoms with van der Waals surface area (Å²) in [6, 6.07) is 15.6. The van der Waals surface area contributed by atoms with E-state index in [2.05, 4.69) is 17.3 Å². The normalized spacial score (nSPS) is 13.7. The monoisotopic (exact) mass is 364 g/mol. The first-order chi connectivity index (χ1) is 11.5. The number of anilines is 1. The van der Waals surface area contributed by atoms with Crippen LogP contribution in [0.25, 0.3) is 0 Å². The van der Waals surface area contributed by atoms with Crippen LogP contribution in [0, 0.1) is 0 Å². The van der Waals surface area contributed by atoms with Crippen molar-refractivity contribution in [2.75, 3.05) is 12.4 Å². The molecule has 24 heavy (non-hydrogen) atoms. The number of nitrogens with zero attached hydrogens (tertiary/aromatic N) is 2. The van der Waals surface area contributed by atoms with Crippen molar-refractivity contribution >= 4 is 35.2 Å². The zero-order valence-corrected chi connectivity index (χ0v) is 15.3. The summed E-state index contributed by atoms with van der Waals surface area (Å²) in [5, 5.41) is 11.1. The van der Waals surface area contributed by atoms with Gasteiger partial charge in [0.25, 0.3) is 0 Å². The van der Waals surface area contributed by atoms with Crippen LogP contribution in [-0.2, 0) is 0 Å². The molecule has 0 fully saturated rings. The highest BCUT2D eigenvalue weighted by atomic mass is 35.5. The number of hydrazone groups is 1. The maximum absolute atomic E-state index is 6.03. The molecule has 0 spiro atoms. The number of halogens is 2. The van der Waals surface area contributed by atoms with Crippen molar-refractivity contribution in [3.05, 3.63) is 64.1 Å². The summed E-state index contributed by atoms with van der Waals surface area (Å²) in [7, 11) is 1.92. The summed E-state index contributed by atoms with van der Waals surface area (Å²) in [5.41, 5.74) is 7.58. The van der Waals surface area contributed by atoms with E-state index < -0.39 is 0 Å². The quantitative estimate of drug-likeness (QED) is 0.423. The van der Waals surface area contributed by atoms with Gasteiger partial charge in [-0.3, -0.25) is 5.01 Å². The minimum atomic E-state index is 0.0159. The minimum Gasteiger partial charge on any atom is -0.388 e. The molecule has 128 valence electrons. The molecule has 0 heterocycles. The van der Waals surface area contributed by atoms with Crippen molar-refractivity contribution in [2.24, 2.45) is 10.8 Å². The second kappa shape index (κ2) is 8.81. The third kappa shape index (κ3) is 4.79. The molecule has 2 atom stereocenters. The maximum Gasteiger partial charge on any atom is 0.106 e. The summed E-state index contributed by atoms with van der Waals surface area (Å²) in [5.74, 6) is 0. The van der Waals surface area contributed by atoms with E-state index in [1.807, 2.05) is 60.6 Å². The summed E-state index contributed by atoms with van der Waals surface area (Å²) < 4.78 is 0. The fourth-order valence-electron chi connectivity index (χ4n) is 2.70. The lowest BCUT2D eigenvalue weighted by molar-refractivity contribution is 0.222. The molecule has 0 saturated heterocycles. The molecule has 0 aromatic heterocycles. The van der Waals surface area contributed by atoms with E-state index in [-0.39, 0.29) is 12.1 Å². The lowest BCUT2D eigenvalue weighted by Crippen LogP contribution is -2.37. The van der Waals surface area contributed by atoms with Gasteiger partial charge in [0.1, 0.15) is 6.34 Å². The highest BCUT2D eigenvalue weighted by Gasteiger charge is 2.25. The number of benzene rings is 2. The highest BCUT2D eigenvalue weighted by molar-refractivity contribution is 6.30. The van der Waals surface area contributed by atoms with Crippen molar-refractivity contribution in [1.82, 2.24) is 5.01 Å². The molecule has 0 aliphatic heterocycles. The molecule has 0 radical (unpaired) electrons. The first kappa shape index (κ1) is 18.4. The minimum absolute atomic E-state index is 0.0159. The van der Waals surface area contributed by atoms with E-state index in [1.165, 1.54) is 6.34 Å². The molecule has 2 aromatic rings. The molecule has 2 aromatic carbocycles. The van der Waals surface area contributed by atoms with Gasteiger partial charge >= 0.3 is 0 Å². The molecule has 0 saturated carbocycles. The van der Waals surface area contributed by atoms with Gasteiger partial charge < -0.3 is 11.1 Å². The van der Waals surface area contributed by atoms with E-state index in [1.54, 1.807) is 0 Å². The van der Waals surface area contributed by atoms with Crippen LogP contribution >= 0.6 is 23.2 Å². The molecule has 2 rings (SSSR count). The molecule has 0 amide bonds. The van der Waals surface area contributed by atoms with E-state index in [4.69, 9.17) is 28.9 Å². The predicted octanol–water partition coefficient (Wildman–Crippen LogP) is 4.76. The Balaban J connectivity index is 2.35. The van der Waals surface area contributed by atoms with Gasteiger partial charge in [-0.25, -0.2) is 0 Å². The van der Waals surface area contributed by atoms with Gasteiger partial charge in [-0.15, -0.1) is 0 Å². The summed E-state index contributed by atoms with van der Waals surface area (Å²) in [6.45, 7) is 2.12. The Labute approximate surface area is 153 Å². The zero-order valence-electron chi connectivity index (χ0n) is 13.8. The van der Waals surface area contributed by atoms with Crippen LogP contribution < -0.4 is 11.1 Å². The number of hydrogen-bond acceptors (Lipinski definition) is 3. The third-order valence-electron chi connectivity index (χ3n) is 3.93. The van der Waals surface area contributed by atoms with Gasteiger partial charge in [-0.2, -0.15) is 5.10 Å². The molecule has 6 heteroatoms. The Morgan fingerprint density at radius 1 is 1.08 bits per heavy atom. The molecule has 3 N–H and O–H groups in total. The fraction of sp³-hybridized carbons (Fsp3) is 0.278. The van der Waals surface area contributed by atoms with Crippen LogP contribution in [0.2, 0.25) is 10.0 Å². The van der Waals surface area contributed by atoms with E-state index in [0.717, 1.165) is 17.7 Å². The van der Waals surface area contributed by atoms with Gasteiger partial charge in [0, 0.05) is 22.8 Å². The van der Waals surface area contributed by atoms with Crippen LogP contribution in [0.4, 0.5) is 5.69 Å². The SMILES string of the molecule is CCC(C(Nc1ccc(Cl)cc1)c1ccc(Cl)cc1)N(C)/N=C\N. The molecular formula is C18H22Cl2N4. The second-order valence-corrected chi connectivity index (χ2v) is 6.37. The number of hydrogen-bond donors (Lipinski definition) is 2. The van der Waals surface area contributed by atoms with Gasteiger partial charge in [-0.1, -0.05) is 42.3 Å². The molecule has 2 unspecified atom stereocenters. The third-order valence-corrected chi connectivity index (χ3v) is 4.43. The highest BCUT2D eigenvalue weighted by Crippen LogP contribution is 2.29. The lowest BCUT2D eigenvalue weighted by Gasteiger charge is -2.33. The molecule has 0 aliphatic carbocycles. The smallest absolute Gasteiger partial charge is 0.106 e. The summed E-state index contributed by atoms with van der Waals surface area (Å²) in [4.78, 5) is 0. The van der Waals surface area contributed by atoms with Crippen LogP contribution in [0.15, 0.2) is 53.6 Å². The summed E-state index contributed by atoms with van der Waals surface area (Å²) >= 11 is 12.0. The van der Waals surface area contributed by atoms with Gasteiger partial charge in [0.15, 0.2) is 0 Å². The van der Waals surface area contributed by atoms with Crippen LogP contribution in [-0.4, -0.2) is 24.4 Å². The Kier molecular flexibility index (Phi) is 6.76. The summed E-state index contributed by atoms with van der Waals surface area (Å²) in [6.07, 6.45) is 2.20. The number of rotatable bonds is 7. The van der Waals surface area contributed by atoms with Crippen molar-refractivity contribution in [2.45, 2.75) is 25.4 Å². The Morgan fingerprint density at radius 3 is 2.12 bits per heavy atom. The number of likely N-dealkylation sites (N-methyl/N-ethyl adjacent to an activating group) is 1. The molecule has 0 aliphatic rings. The zero-order chi connectivity index (χ0) is 17.5. The lowest BCUT2D eigenvalue weighted by atomic mass is 9.96. The second-order valence-electron chi connectivity index (χ2n) is 5.49. The van der Waals surface area contributed by atoms with E-state index >= 15 is 0 Å². The van der Waals surface area contributed by atoms with Gasteiger partial charge in [0.05, 0.1) is 12.1 Å². The van der Waals surface area contributed by atoms with Crippen LogP contribution in [0.1, 0.15) is 24.9 Å². The Morgan fingerprint density at radius 2 is 1.62 bits per heavy atom. The van der Waals surface area contributed by atoms with Crippen LogP contribution in [0.5, 0.6) is 0 Å². The molecule has 0 bridgehead atoms. The van der Waals surface area contributed by atoms with Crippen molar-refractivity contribution < 1.29 is 0 Å². The van der Waals surface area contributed by atoms with Gasteiger partial charge in [-0.05, 0) is 48.4 Å². The number of nitrogens with one attached hydrogen (secondary N) is 1.